The van der Waals surface area contributed by atoms with Gasteiger partial charge in [-0.1, -0.05) is 43.2 Å². The molecule has 0 saturated carbocycles. The topological polar surface area (TPSA) is 243 Å². The number of esters is 4. The monoisotopic (exact) mass is 962 g/mol. The Balaban J connectivity index is 2.53. The summed E-state index contributed by atoms with van der Waals surface area (Å²) >= 11 is 0. The zero-order valence-electron chi connectivity index (χ0n) is 42.9. The van der Waals surface area contributed by atoms with Gasteiger partial charge in [0.2, 0.25) is 11.8 Å². The van der Waals surface area contributed by atoms with Gasteiger partial charge in [-0.15, -0.1) is 0 Å². The fourth-order valence-corrected chi connectivity index (χ4v) is 6.30. The molecule has 68 heavy (non-hydrogen) atoms. The molecule has 0 aliphatic rings. The summed E-state index contributed by atoms with van der Waals surface area (Å²) < 4.78 is 27.2. The third-order valence-electron chi connectivity index (χ3n) is 9.28. The number of carbonyl (C=O) groups excluding carboxylic acids is 8. The van der Waals surface area contributed by atoms with Crippen LogP contribution in [0, 0.1) is 0 Å². The van der Waals surface area contributed by atoms with E-state index in [2.05, 4.69) is 26.6 Å². The van der Waals surface area contributed by atoms with Crippen LogP contribution < -0.4 is 26.6 Å². The average Bonchev–Trinajstić information content (AvgIpc) is 3.19. The third kappa shape index (κ3) is 32.3. The van der Waals surface area contributed by atoms with Crippen molar-refractivity contribution in [1.82, 2.24) is 26.6 Å². The van der Waals surface area contributed by atoms with Crippen LogP contribution in [0.4, 0.5) is 9.59 Å². The van der Waals surface area contributed by atoms with Gasteiger partial charge in [0, 0.05) is 32.4 Å². The fraction of sp³-hybridized carbons (Fsp3) is 0.720. The summed E-state index contributed by atoms with van der Waals surface area (Å²) in [6, 6.07) is 5.41. The molecule has 5 N–H and O–H groups in total. The molecule has 5 amide bonds. The number of unbranched alkanes of at least 4 members (excludes halogenated alkanes) is 5. The Labute approximate surface area is 404 Å². The van der Waals surface area contributed by atoms with Crippen molar-refractivity contribution in [3.63, 3.8) is 0 Å². The Morgan fingerprint density at radius 2 is 0.882 bits per heavy atom. The van der Waals surface area contributed by atoms with E-state index in [9.17, 15) is 38.4 Å². The Morgan fingerprint density at radius 1 is 0.456 bits per heavy atom. The normalized spacial score (nSPS) is 13.1. The molecule has 0 aliphatic heterocycles. The predicted octanol–water partition coefficient (Wildman–Crippen LogP) is 7.38. The van der Waals surface area contributed by atoms with Crippen molar-refractivity contribution in [2.75, 3.05) is 13.1 Å². The largest absolute Gasteiger partial charge is 0.460 e. The minimum atomic E-state index is -1.21. The van der Waals surface area contributed by atoms with E-state index in [-0.39, 0.29) is 44.1 Å². The summed E-state index contributed by atoms with van der Waals surface area (Å²) in [5, 5.41) is 13.6. The minimum Gasteiger partial charge on any atom is -0.460 e. The van der Waals surface area contributed by atoms with Crippen LogP contribution in [-0.4, -0.2) is 101 Å². The first-order valence-electron chi connectivity index (χ1n) is 24.0. The number of hydrogen-bond acceptors (Lipinski definition) is 13. The molecule has 0 aliphatic carbocycles. The Morgan fingerprint density at radius 3 is 1.35 bits per heavy atom. The van der Waals surface area contributed by atoms with Crippen LogP contribution in [0.15, 0.2) is 30.3 Å². The quantitative estimate of drug-likeness (QED) is 0.0313. The third-order valence-corrected chi connectivity index (χ3v) is 9.28. The van der Waals surface area contributed by atoms with Gasteiger partial charge in [0.05, 0.1) is 0 Å². The molecule has 18 nitrogen and oxygen atoms in total. The van der Waals surface area contributed by atoms with Crippen LogP contribution >= 0.6 is 0 Å². The van der Waals surface area contributed by atoms with Crippen LogP contribution in [0.5, 0.6) is 0 Å². The second-order valence-electron chi connectivity index (χ2n) is 20.8. The maximum Gasteiger partial charge on any atom is 0.407 e. The highest BCUT2D eigenvalue weighted by molar-refractivity contribution is 5.88. The number of rotatable bonds is 28. The predicted molar refractivity (Wildman–Crippen MR) is 257 cm³/mol. The molecule has 1 unspecified atom stereocenters. The van der Waals surface area contributed by atoms with Crippen molar-refractivity contribution in [2.45, 2.75) is 220 Å². The molecule has 386 valence electrons. The highest BCUT2D eigenvalue weighted by Crippen LogP contribution is 2.16. The highest BCUT2D eigenvalue weighted by Gasteiger charge is 2.32. The average molecular weight is 962 g/mol. The van der Waals surface area contributed by atoms with Crippen molar-refractivity contribution in [1.29, 1.82) is 0 Å². The standard InChI is InChI=1S/C50H83N5O13/c1-47(2,3)65-41(58)31-30-38(44(61)68-50(10,11)12)55-45(62)54-37(43(60)67-49(7,8)9)27-20-22-32-51-39(56)28-18-13-14-19-29-40(57)53-36(42(59)66-48(4,5)6)26-21-23-33-52-46(63)64-34-35-24-16-15-17-25-35/h15-17,24-25,36-38H,13-14,18-23,26-34H2,1-12H3,(H,51,56)(H,52,63)(H,53,57)(H2,54,55,62)/t36?,37-,38-/m0/s1. The van der Waals surface area contributed by atoms with Gasteiger partial charge in [-0.05, 0) is 146 Å². The number of ether oxygens (including phenoxy) is 5. The number of urea groups is 1. The summed E-state index contributed by atoms with van der Waals surface area (Å²) in [7, 11) is 0. The molecule has 1 rings (SSSR count). The molecule has 0 radical (unpaired) electrons. The van der Waals surface area contributed by atoms with E-state index in [1.165, 1.54) is 0 Å². The van der Waals surface area contributed by atoms with Crippen molar-refractivity contribution in [3.05, 3.63) is 35.9 Å². The molecule has 0 bridgehead atoms. The van der Waals surface area contributed by atoms with Crippen LogP contribution in [0.25, 0.3) is 0 Å². The summed E-state index contributed by atoms with van der Waals surface area (Å²) in [5.41, 5.74) is -2.29. The van der Waals surface area contributed by atoms with Gasteiger partial charge in [0.1, 0.15) is 47.1 Å². The van der Waals surface area contributed by atoms with E-state index < -0.39 is 76.5 Å². The van der Waals surface area contributed by atoms with Crippen molar-refractivity contribution in [2.24, 2.45) is 0 Å². The summed E-state index contributed by atoms with van der Waals surface area (Å²) in [6.45, 7) is 21.4. The molecule has 0 saturated heterocycles. The Bertz CT molecular complexity index is 1740. The van der Waals surface area contributed by atoms with E-state index in [1.54, 1.807) is 83.1 Å². The molecule has 0 heterocycles. The number of hydrogen-bond donors (Lipinski definition) is 5. The van der Waals surface area contributed by atoms with E-state index in [1.807, 2.05) is 30.3 Å². The smallest absolute Gasteiger partial charge is 0.407 e. The Hall–Kier alpha value is -5.42. The second-order valence-corrected chi connectivity index (χ2v) is 20.8. The lowest BCUT2D eigenvalue weighted by Gasteiger charge is -2.27. The van der Waals surface area contributed by atoms with Crippen LogP contribution in [0.2, 0.25) is 0 Å². The van der Waals surface area contributed by atoms with E-state index in [4.69, 9.17) is 23.7 Å². The number of alkyl carbamates (subject to hydrolysis) is 1. The van der Waals surface area contributed by atoms with Crippen LogP contribution in [-0.2, 0) is 59.1 Å². The molecule has 1 aromatic rings. The van der Waals surface area contributed by atoms with Gasteiger partial charge in [0.15, 0.2) is 0 Å². The molecule has 0 spiro atoms. The van der Waals surface area contributed by atoms with Gasteiger partial charge in [-0.2, -0.15) is 0 Å². The lowest BCUT2D eigenvalue weighted by molar-refractivity contribution is -0.160. The van der Waals surface area contributed by atoms with Crippen LogP contribution in [0.1, 0.15) is 179 Å². The maximum atomic E-state index is 13.2. The van der Waals surface area contributed by atoms with E-state index in [0.29, 0.717) is 70.9 Å². The molecular weight excluding hydrogens is 879 g/mol. The Kier molecular flexibility index (Phi) is 26.9. The first-order valence-corrected chi connectivity index (χ1v) is 24.0. The summed E-state index contributed by atoms with van der Waals surface area (Å²) in [4.78, 5) is 102. The van der Waals surface area contributed by atoms with Crippen molar-refractivity contribution < 1.29 is 62.0 Å². The summed E-state index contributed by atoms with van der Waals surface area (Å²) in [6.07, 6.45) is 4.91. The zero-order valence-corrected chi connectivity index (χ0v) is 42.9. The maximum absolute atomic E-state index is 13.2. The zero-order chi connectivity index (χ0) is 51.6. The molecule has 0 fully saturated rings. The molecule has 3 atom stereocenters. The fourth-order valence-electron chi connectivity index (χ4n) is 6.30. The van der Waals surface area contributed by atoms with Gasteiger partial charge >= 0.3 is 36.0 Å². The van der Waals surface area contributed by atoms with Crippen molar-refractivity contribution >= 4 is 47.8 Å². The lowest BCUT2D eigenvalue weighted by Crippen LogP contribution is -2.53. The van der Waals surface area contributed by atoms with E-state index >= 15 is 0 Å². The van der Waals surface area contributed by atoms with Gasteiger partial charge in [-0.25, -0.2) is 24.0 Å². The lowest BCUT2D eigenvalue weighted by atomic mass is 10.1. The first-order chi connectivity index (χ1) is 31.5. The number of amides is 5. The second kappa shape index (κ2) is 30.1. The molecule has 18 heteroatoms. The van der Waals surface area contributed by atoms with Gasteiger partial charge < -0.3 is 50.3 Å². The highest BCUT2D eigenvalue weighted by atomic mass is 16.6. The van der Waals surface area contributed by atoms with Gasteiger partial charge in [-0.3, -0.25) is 14.4 Å². The molecular formula is C50H83N5O13. The van der Waals surface area contributed by atoms with E-state index in [0.717, 1.165) is 12.0 Å². The minimum absolute atomic E-state index is 0.0943. The van der Waals surface area contributed by atoms with Crippen molar-refractivity contribution in [3.8, 4) is 0 Å². The first kappa shape index (κ1) is 60.6. The molecule has 0 aromatic heterocycles. The van der Waals surface area contributed by atoms with Crippen LogP contribution in [0.3, 0.4) is 0 Å². The number of benzene rings is 1. The molecule has 1 aromatic carbocycles. The SMILES string of the molecule is CC(C)(C)OC(=O)CC[C@H](NC(=O)N[C@@H](CCCCNC(=O)CCCCCCC(=O)NC(CCCCNC(=O)OCc1ccccc1)C(=O)OC(C)(C)C)C(=O)OC(C)(C)C)C(=O)OC(C)(C)C. The summed E-state index contributed by atoms with van der Waals surface area (Å²) in [5.74, 6) is -2.89. The van der Waals surface area contributed by atoms with Gasteiger partial charge in [0.25, 0.3) is 0 Å². The number of nitrogens with one attached hydrogen (secondary N) is 5. The number of carbonyl (C=O) groups is 8.